The molecule has 2 rings (SSSR count). The average Bonchev–Trinajstić information content (AvgIpc) is 2.23. The molecule has 92 valence electrons. The number of carbonyl (C=O) groups is 1. The van der Waals surface area contributed by atoms with Gasteiger partial charge in [-0.15, -0.1) is 0 Å². The quantitative estimate of drug-likeness (QED) is 0.676. The van der Waals surface area contributed by atoms with E-state index in [9.17, 15) is 13.2 Å². The van der Waals surface area contributed by atoms with Crippen molar-refractivity contribution in [2.75, 3.05) is 16.8 Å². The molecule has 0 aromatic heterocycles. The minimum absolute atomic E-state index is 0.0939. The van der Waals surface area contributed by atoms with Gasteiger partial charge in [-0.3, -0.25) is 4.79 Å². The smallest absolute Gasteiger partial charge is 0.231 e. The SMILES string of the molecule is CC1(C)CS(=O)(=O)c2cc(N)ccc2NC1=O. The van der Waals surface area contributed by atoms with E-state index in [2.05, 4.69) is 5.32 Å². The van der Waals surface area contributed by atoms with E-state index >= 15 is 0 Å². The standard InChI is InChI=1S/C11H14N2O3S/c1-11(2)6-17(15,16)9-5-7(12)3-4-8(9)13-10(11)14/h3-5H,6,12H2,1-2H3,(H,13,14). The number of benzene rings is 1. The Labute approximate surface area is 99.9 Å². The van der Waals surface area contributed by atoms with Crippen molar-refractivity contribution in [1.82, 2.24) is 0 Å². The Balaban J connectivity index is 2.68. The highest BCUT2D eigenvalue weighted by Gasteiger charge is 2.38. The second-order valence-corrected chi connectivity index (χ2v) is 6.81. The molecule has 0 spiro atoms. The van der Waals surface area contributed by atoms with Crippen molar-refractivity contribution in [2.24, 2.45) is 5.41 Å². The van der Waals surface area contributed by atoms with Crippen LogP contribution in [0.4, 0.5) is 11.4 Å². The maximum absolute atomic E-state index is 12.2. The number of sulfone groups is 1. The Morgan fingerprint density at radius 2 is 2.00 bits per heavy atom. The van der Waals surface area contributed by atoms with Gasteiger partial charge in [0.1, 0.15) is 0 Å². The summed E-state index contributed by atoms with van der Waals surface area (Å²) in [4.78, 5) is 12.0. The maximum atomic E-state index is 12.2. The Kier molecular flexibility index (Phi) is 2.43. The predicted molar refractivity (Wildman–Crippen MR) is 65.3 cm³/mol. The second-order valence-electron chi connectivity index (χ2n) is 4.85. The van der Waals surface area contributed by atoms with Gasteiger partial charge in [-0.1, -0.05) is 13.8 Å². The van der Waals surface area contributed by atoms with Crippen LogP contribution in [0.5, 0.6) is 0 Å². The molecule has 1 aromatic carbocycles. The molecule has 1 aromatic rings. The van der Waals surface area contributed by atoms with Crippen LogP contribution in [-0.2, 0) is 14.6 Å². The largest absolute Gasteiger partial charge is 0.399 e. The van der Waals surface area contributed by atoms with Gasteiger partial charge in [-0.2, -0.15) is 0 Å². The van der Waals surface area contributed by atoms with Crippen molar-refractivity contribution in [1.29, 1.82) is 0 Å². The molecule has 0 unspecified atom stereocenters. The van der Waals surface area contributed by atoms with Crippen molar-refractivity contribution in [2.45, 2.75) is 18.7 Å². The first kappa shape index (κ1) is 11.9. The zero-order valence-corrected chi connectivity index (χ0v) is 10.5. The molecule has 6 heteroatoms. The summed E-state index contributed by atoms with van der Waals surface area (Å²) in [7, 11) is -3.50. The lowest BCUT2D eigenvalue weighted by molar-refractivity contribution is -0.122. The topological polar surface area (TPSA) is 89.3 Å². The number of nitrogen functional groups attached to an aromatic ring is 1. The molecular weight excluding hydrogens is 240 g/mol. The fourth-order valence-corrected chi connectivity index (χ4v) is 3.82. The van der Waals surface area contributed by atoms with Gasteiger partial charge in [-0.05, 0) is 18.2 Å². The third-order valence-corrected chi connectivity index (χ3v) is 4.86. The van der Waals surface area contributed by atoms with E-state index in [0.717, 1.165) is 0 Å². The summed E-state index contributed by atoms with van der Waals surface area (Å²) in [5, 5.41) is 2.62. The number of carbonyl (C=O) groups excluding carboxylic acids is 1. The van der Waals surface area contributed by atoms with Crippen LogP contribution in [0.2, 0.25) is 0 Å². The first-order valence-corrected chi connectivity index (χ1v) is 6.81. The summed E-state index contributed by atoms with van der Waals surface area (Å²) >= 11 is 0. The molecule has 0 saturated carbocycles. The van der Waals surface area contributed by atoms with Crippen molar-refractivity contribution in [3.8, 4) is 0 Å². The van der Waals surface area contributed by atoms with E-state index in [4.69, 9.17) is 5.73 Å². The molecule has 0 atom stereocenters. The normalized spacial score (nSPS) is 21.2. The third-order valence-electron chi connectivity index (χ3n) is 2.75. The highest BCUT2D eigenvalue weighted by Crippen LogP contribution is 2.34. The van der Waals surface area contributed by atoms with Gasteiger partial charge in [-0.25, -0.2) is 8.42 Å². The molecule has 0 bridgehead atoms. The van der Waals surface area contributed by atoms with E-state index in [1.54, 1.807) is 19.9 Å². The highest BCUT2D eigenvalue weighted by molar-refractivity contribution is 7.91. The minimum Gasteiger partial charge on any atom is -0.399 e. The maximum Gasteiger partial charge on any atom is 0.231 e. The Morgan fingerprint density at radius 1 is 1.35 bits per heavy atom. The van der Waals surface area contributed by atoms with Crippen molar-refractivity contribution < 1.29 is 13.2 Å². The van der Waals surface area contributed by atoms with Crippen molar-refractivity contribution in [3.63, 3.8) is 0 Å². The van der Waals surface area contributed by atoms with Gasteiger partial charge in [0.25, 0.3) is 0 Å². The van der Waals surface area contributed by atoms with Crippen molar-refractivity contribution in [3.05, 3.63) is 18.2 Å². The Hall–Kier alpha value is -1.56. The van der Waals surface area contributed by atoms with Gasteiger partial charge in [0, 0.05) is 5.69 Å². The van der Waals surface area contributed by atoms with Crippen molar-refractivity contribution >= 4 is 27.1 Å². The zero-order chi connectivity index (χ0) is 12.8. The number of nitrogens with one attached hydrogen (secondary N) is 1. The summed E-state index contributed by atoms with van der Waals surface area (Å²) in [6.45, 7) is 3.21. The molecule has 0 fully saturated rings. The van der Waals surface area contributed by atoms with Crippen LogP contribution in [0.1, 0.15) is 13.8 Å². The van der Waals surface area contributed by atoms with Crippen LogP contribution in [0.25, 0.3) is 0 Å². The van der Waals surface area contributed by atoms with Gasteiger partial charge >= 0.3 is 0 Å². The molecule has 0 aliphatic carbocycles. The van der Waals surface area contributed by atoms with Crippen LogP contribution < -0.4 is 11.1 Å². The molecule has 1 aliphatic rings. The average molecular weight is 254 g/mol. The Morgan fingerprint density at radius 3 is 2.65 bits per heavy atom. The monoisotopic (exact) mass is 254 g/mol. The number of anilines is 2. The molecule has 3 N–H and O–H groups in total. The van der Waals surface area contributed by atoms with Crippen LogP contribution in [-0.4, -0.2) is 20.1 Å². The highest BCUT2D eigenvalue weighted by atomic mass is 32.2. The number of nitrogens with two attached hydrogens (primary N) is 1. The van der Waals surface area contributed by atoms with E-state index in [-0.39, 0.29) is 16.6 Å². The second kappa shape index (κ2) is 3.46. The molecule has 17 heavy (non-hydrogen) atoms. The summed E-state index contributed by atoms with van der Waals surface area (Å²) in [6, 6.07) is 4.46. The Bertz CT molecular complexity index is 591. The molecule has 0 radical (unpaired) electrons. The number of amides is 1. The lowest BCUT2D eigenvalue weighted by Crippen LogP contribution is -2.34. The van der Waals surface area contributed by atoms with E-state index < -0.39 is 15.3 Å². The zero-order valence-electron chi connectivity index (χ0n) is 9.65. The molecular formula is C11H14N2O3S. The summed E-state index contributed by atoms with van der Waals surface area (Å²) < 4.78 is 24.3. The van der Waals surface area contributed by atoms with Crippen LogP contribution in [0, 0.1) is 5.41 Å². The lowest BCUT2D eigenvalue weighted by Gasteiger charge is -2.18. The molecule has 1 aliphatic heterocycles. The minimum atomic E-state index is -3.50. The van der Waals surface area contributed by atoms with E-state index in [0.29, 0.717) is 11.4 Å². The van der Waals surface area contributed by atoms with Crippen LogP contribution in [0.3, 0.4) is 0 Å². The first-order valence-electron chi connectivity index (χ1n) is 5.16. The van der Waals surface area contributed by atoms with Gasteiger partial charge in [0.15, 0.2) is 9.84 Å². The van der Waals surface area contributed by atoms with E-state index in [1.165, 1.54) is 12.1 Å². The number of fused-ring (bicyclic) bond motifs is 1. The fraction of sp³-hybridized carbons (Fsp3) is 0.364. The first-order chi connectivity index (χ1) is 7.72. The van der Waals surface area contributed by atoms with E-state index in [1.807, 2.05) is 0 Å². The van der Waals surface area contributed by atoms with Gasteiger partial charge < -0.3 is 11.1 Å². The molecule has 5 nitrogen and oxygen atoms in total. The van der Waals surface area contributed by atoms with Gasteiger partial charge in [0.2, 0.25) is 5.91 Å². The third kappa shape index (κ3) is 2.00. The van der Waals surface area contributed by atoms with Gasteiger partial charge in [0.05, 0.1) is 21.8 Å². The molecule has 1 heterocycles. The number of hydrogen-bond donors (Lipinski definition) is 2. The fourth-order valence-electron chi connectivity index (χ4n) is 1.81. The molecule has 1 amide bonds. The predicted octanol–water partition coefficient (Wildman–Crippen LogP) is 1.02. The molecule has 0 saturated heterocycles. The van der Waals surface area contributed by atoms with Crippen LogP contribution >= 0.6 is 0 Å². The summed E-state index contributed by atoms with van der Waals surface area (Å²) in [5.41, 5.74) is 5.29. The lowest BCUT2D eigenvalue weighted by atomic mass is 9.95. The van der Waals surface area contributed by atoms with Crippen LogP contribution in [0.15, 0.2) is 23.1 Å². The summed E-state index contributed by atoms with van der Waals surface area (Å²) in [6.07, 6.45) is 0. The summed E-state index contributed by atoms with van der Waals surface area (Å²) in [5.74, 6) is -0.521. The number of rotatable bonds is 0. The number of hydrogen-bond acceptors (Lipinski definition) is 4.